The van der Waals surface area contributed by atoms with Crippen molar-refractivity contribution in [1.82, 2.24) is 9.38 Å². The van der Waals surface area contributed by atoms with Gasteiger partial charge in [-0.3, -0.25) is 19.3 Å². The number of nitro groups is 1. The van der Waals surface area contributed by atoms with Gasteiger partial charge in [-0.05, 0) is 43.2 Å². The smallest absolute Gasteiger partial charge is 0.371 e. The predicted molar refractivity (Wildman–Crippen MR) is 109 cm³/mol. The van der Waals surface area contributed by atoms with E-state index in [1.165, 1.54) is 23.4 Å². The Bertz CT molecular complexity index is 1070. The lowest BCUT2D eigenvalue weighted by atomic mass is 10.2. The fourth-order valence-electron chi connectivity index (χ4n) is 3.58. The van der Waals surface area contributed by atoms with Crippen LogP contribution in [0.5, 0.6) is 0 Å². The first-order chi connectivity index (χ1) is 13.6. The van der Waals surface area contributed by atoms with E-state index in [4.69, 9.17) is 0 Å². The van der Waals surface area contributed by atoms with Crippen molar-refractivity contribution in [2.24, 2.45) is 0 Å². The second kappa shape index (κ2) is 7.67. The molecule has 1 N–H and O–H groups in total. The van der Waals surface area contributed by atoms with Gasteiger partial charge in [0.1, 0.15) is 5.65 Å². The lowest BCUT2D eigenvalue weighted by Crippen LogP contribution is -2.23. The molecule has 1 aliphatic rings. The standard InChI is InChI=1S/C20H21N5O3/c26-20-18(25(27)28)19(22-17-10-3-6-13-24(17)20)21-15-8-7-9-16(14-15)23-11-4-1-2-5-12-23/h3,6-10,13-14,21H,1-2,4-5,11-12H2. The van der Waals surface area contributed by atoms with Gasteiger partial charge in [0, 0.05) is 30.7 Å². The number of anilines is 3. The summed E-state index contributed by atoms with van der Waals surface area (Å²) in [6, 6.07) is 12.7. The van der Waals surface area contributed by atoms with Gasteiger partial charge >= 0.3 is 11.2 Å². The maximum Gasteiger partial charge on any atom is 0.376 e. The van der Waals surface area contributed by atoms with Crippen molar-refractivity contribution in [3.05, 3.63) is 69.1 Å². The Morgan fingerprint density at radius 3 is 2.57 bits per heavy atom. The molecule has 1 saturated heterocycles. The number of hydrogen-bond donors (Lipinski definition) is 1. The molecule has 0 bridgehead atoms. The molecular formula is C20H21N5O3. The minimum Gasteiger partial charge on any atom is -0.371 e. The monoisotopic (exact) mass is 379 g/mol. The maximum absolute atomic E-state index is 12.6. The van der Waals surface area contributed by atoms with Crippen molar-refractivity contribution < 1.29 is 4.92 Å². The van der Waals surface area contributed by atoms with E-state index in [9.17, 15) is 14.9 Å². The van der Waals surface area contributed by atoms with Crippen LogP contribution in [0.1, 0.15) is 25.7 Å². The first kappa shape index (κ1) is 18.0. The van der Waals surface area contributed by atoms with Gasteiger partial charge < -0.3 is 10.2 Å². The van der Waals surface area contributed by atoms with Gasteiger partial charge in [0.15, 0.2) is 0 Å². The highest BCUT2D eigenvalue weighted by Crippen LogP contribution is 2.27. The molecule has 0 aliphatic carbocycles. The van der Waals surface area contributed by atoms with Gasteiger partial charge in [-0.25, -0.2) is 4.98 Å². The van der Waals surface area contributed by atoms with Crippen molar-refractivity contribution in [3.8, 4) is 0 Å². The summed E-state index contributed by atoms with van der Waals surface area (Å²) in [5, 5.41) is 14.5. The van der Waals surface area contributed by atoms with E-state index in [2.05, 4.69) is 15.2 Å². The molecule has 0 atom stereocenters. The molecule has 4 rings (SSSR count). The highest BCUT2D eigenvalue weighted by Gasteiger charge is 2.23. The highest BCUT2D eigenvalue weighted by molar-refractivity contribution is 5.70. The molecule has 144 valence electrons. The highest BCUT2D eigenvalue weighted by atomic mass is 16.6. The Balaban J connectivity index is 1.72. The van der Waals surface area contributed by atoms with Crippen LogP contribution >= 0.6 is 0 Å². The van der Waals surface area contributed by atoms with Gasteiger partial charge in [-0.1, -0.05) is 25.0 Å². The molecular weight excluding hydrogens is 358 g/mol. The van der Waals surface area contributed by atoms with Crippen LogP contribution < -0.4 is 15.8 Å². The Morgan fingerprint density at radius 1 is 1.04 bits per heavy atom. The lowest BCUT2D eigenvalue weighted by Gasteiger charge is -2.23. The molecule has 2 aromatic heterocycles. The van der Waals surface area contributed by atoms with Crippen molar-refractivity contribution in [2.45, 2.75) is 25.7 Å². The summed E-state index contributed by atoms with van der Waals surface area (Å²) in [7, 11) is 0. The molecule has 3 heterocycles. The van der Waals surface area contributed by atoms with Crippen LogP contribution in [0.2, 0.25) is 0 Å². The molecule has 0 spiro atoms. The SMILES string of the molecule is O=c1c([N+](=O)[O-])c(Nc2cccc(N3CCCCCC3)c2)nc2ccccn12. The first-order valence-corrected chi connectivity index (χ1v) is 9.41. The molecule has 1 fully saturated rings. The zero-order valence-electron chi connectivity index (χ0n) is 15.4. The fourth-order valence-corrected chi connectivity index (χ4v) is 3.58. The molecule has 28 heavy (non-hydrogen) atoms. The van der Waals surface area contributed by atoms with Crippen LogP contribution in [0, 0.1) is 10.1 Å². The third-order valence-corrected chi connectivity index (χ3v) is 4.97. The number of hydrogen-bond acceptors (Lipinski definition) is 6. The summed E-state index contributed by atoms with van der Waals surface area (Å²) < 4.78 is 1.18. The molecule has 0 radical (unpaired) electrons. The van der Waals surface area contributed by atoms with Crippen LogP contribution in [-0.2, 0) is 0 Å². The molecule has 0 amide bonds. The van der Waals surface area contributed by atoms with Crippen molar-refractivity contribution in [3.63, 3.8) is 0 Å². The number of nitrogens with zero attached hydrogens (tertiary/aromatic N) is 4. The predicted octanol–water partition coefficient (Wildman–Crippen LogP) is 3.73. The van der Waals surface area contributed by atoms with E-state index in [1.807, 2.05) is 24.3 Å². The van der Waals surface area contributed by atoms with Crippen LogP contribution in [0.25, 0.3) is 5.65 Å². The van der Waals surface area contributed by atoms with E-state index in [0.29, 0.717) is 11.3 Å². The number of aromatic nitrogens is 2. The Labute approximate surface area is 161 Å². The average Bonchev–Trinajstić information content (AvgIpc) is 2.98. The molecule has 8 heteroatoms. The summed E-state index contributed by atoms with van der Waals surface area (Å²) >= 11 is 0. The van der Waals surface area contributed by atoms with E-state index in [-0.39, 0.29) is 5.82 Å². The summed E-state index contributed by atoms with van der Waals surface area (Å²) in [5.41, 5.74) is 0.805. The molecule has 0 saturated carbocycles. The summed E-state index contributed by atoms with van der Waals surface area (Å²) in [5.74, 6) is -0.0470. The van der Waals surface area contributed by atoms with Gasteiger partial charge in [0.25, 0.3) is 0 Å². The molecule has 3 aromatic rings. The van der Waals surface area contributed by atoms with Crippen LogP contribution in [0.3, 0.4) is 0 Å². The number of nitrogens with one attached hydrogen (secondary N) is 1. The van der Waals surface area contributed by atoms with Gasteiger partial charge in [-0.2, -0.15) is 0 Å². The largest absolute Gasteiger partial charge is 0.376 e. The maximum atomic E-state index is 12.6. The minimum absolute atomic E-state index is 0.0470. The van der Waals surface area contributed by atoms with E-state index < -0.39 is 16.2 Å². The van der Waals surface area contributed by atoms with Crippen LogP contribution in [0.15, 0.2) is 53.5 Å². The molecule has 8 nitrogen and oxygen atoms in total. The van der Waals surface area contributed by atoms with E-state index in [1.54, 1.807) is 18.2 Å². The number of rotatable bonds is 4. The average molecular weight is 379 g/mol. The number of pyridine rings is 1. The van der Waals surface area contributed by atoms with Crippen LogP contribution in [-0.4, -0.2) is 27.4 Å². The quantitative estimate of drug-likeness (QED) is 0.548. The van der Waals surface area contributed by atoms with E-state index in [0.717, 1.165) is 31.6 Å². The van der Waals surface area contributed by atoms with Gasteiger partial charge in [0.2, 0.25) is 5.82 Å². The zero-order valence-corrected chi connectivity index (χ0v) is 15.4. The zero-order chi connectivity index (χ0) is 19.5. The Kier molecular flexibility index (Phi) is 4.92. The van der Waals surface area contributed by atoms with Crippen molar-refractivity contribution in [1.29, 1.82) is 0 Å². The second-order valence-corrected chi connectivity index (χ2v) is 6.88. The van der Waals surface area contributed by atoms with Crippen LogP contribution in [0.4, 0.5) is 22.9 Å². The van der Waals surface area contributed by atoms with E-state index >= 15 is 0 Å². The Morgan fingerprint density at radius 2 is 1.82 bits per heavy atom. The first-order valence-electron chi connectivity index (χ1n) is 9.41. The van der Waals surface area contributed by atoms with Crippen molar-refractivity contribution >= 4 is 28.5 Å². The Hall–Kier alpha value is -3.42. The summed E-state index contributed by atoms with van der Waals surface area (Å²) in [4.78, 5) is 30.0. The molecule has 1 aliphatic heterocycles. The number of benzene rings is 1. The summed E-state index contributed by atoms with van der Waals surface area (Å²) in [6.07, 6.45) is 6.27. The third-order valence-electron chi connectivity index (χ3n) is 4.97. The third kappa shape index (κ3) is 3.53. The molecule has 1 aromatic carbocycles. The van der Waals surface area contributed by atoms with Gasteiger partial charge in [-0.15, -0.1) is 0 Å². The fraction of sp³-hybridized carbons (Fsp3) is 0.300. The number of fused-ring (bicyclic) bond motifs is 1. The van der Waals surface area contributed by atoms with Crippen molar-refractivity contribution in [2.75, 3.05) is 23.3 Å². The minimum atomic E-state index is -0.707. The summed E-state index contributed by atoms with van der Waals surface area (Å²) in [6.45, 7) is 2.00. The normalized spacial score (nSPS) is 14.6. The molecule has 0 unspecified atom stereocenters. The lowest BCUT2D eigenvalue weighted by molar-refractivity contribution is -0.385. The topological polar surface area (TPSA) is 92.8 Å². The van der Waals surface area contributed by atoms with Gasteiger partial charge in [0.05, 0.1) is 4.92 Å². The second-order valence-electron chi connectivity index (χ2n) is 6.88.